The molecule has 0 atom stereocenters. The van der Waals surface area contributed by atoms with E-state index in [0.717, 1.165) is 17.1 Å². The van der Waals surface area contributed by atoms with E-state index in [4.69, 9.17) is 0 Å². The van der Waals surface area contributed by atoms with Gasteiger partial charge in [-0.3, -0.25) is 0 Å². The topological polar surface area (TPSA) is 7.65 Å². The van der Waals surface area contributed by atoms with Crippen LogP contribution in [0.3, 0.4) is 0 Å². The zero-order valence-corrected chi connectivity index (χ0v) is 25.3. The molecule has 9 rings (SSSR count). The molecule has 0 saturated heterocycles. The van der Waals surface area contributed by atoms with E-state index in [1.54, 1.807) is 0 Å². The predicted octanol–water partition coefficient (Wildman–Crippen LogP) is 11.4. The molecule has 0 amide bonds. The molecule has 0 unspecified atom stereocenters. The molecule has 6 aromatic carbocycles. The van der Waals surface area contributed by atoms with Crippen molar-refractivity contribution in [1.29, 1.82) is 0 Å². The van der Waals surface area contributed by atoms with Gasteiger partial charge in [-0.1, -0.05) is 97.6 Å². The van der Waals surface area contributed by atoms with Gasteiger partial charge >= 0.3 is 0 Å². The SMILES string of the molecule is C=C/C=c1/c2cc(N(c3ccc(-c4ccccc4)cc3)c3ccc4sc5ccccc5c4c3)ccc2n2c1cc1ccccc12. The first-order valence-electron chi connectivity index (χ1n) is 15.2. The Bertz CT molecular complexity index is 2610. The lowest BCUT2D eigenvalue weighted by Crippen LogP contribution is -2.10. The molecule has 3 heterocycles. The summed E-state index contributed by atoms with van der Waals surface area (Å²) in [5.41, 5.74) is 9.40. The number of allylic oxidation sites excluding steroid dienone is 1. The molecule has 9 aromatic rings. The summed E-state index contributed by atoms with van der Waals surface area (Å²) in [7, 11) is 0. The number of thiophene rings is 1. The first-order valence-corrected chi connectivity index (χ1v) is 16.0. The first-order chi connectivity index (χ1) is 22.3. The summed E-state index contributed by atoms with van der Waals surface area (Å²) in [6, 6.07) is 52.9. The molecule has 0 aliphatic carbocycles. The highest BCUT2D eigenvalue weighted by atomic mass is 32.1. The molecule has 0 N–H and O–H groups in total. The largest absolute Gasteiger partial charge is 0.310 e. The summed E-state index contributed by atoms with van der Waals surface area (Å²) in [5, 5.41) is 6.23. The first kappa shape index (κ1) is 25.8. The van der Waals surface area contributed by atoms with Gasteiger partial charge in [0.15, 0.2) is 0 Å². The van der Waals surface area contributed by atoms with Crippen molar-refractivity contribution in [2.24, 2.45) is 0 Å². The second-order valence-electron chi connectivity index (χ2n) is 11.5. The van der Waals surface area contributed by atoms with Crippen LogP contribution in [0.2, 0.25) is 0 Å². The summed E-state index contributed by atoms with van der Waals surface area (Å²) in [5.74, 6) is 0. The van der Waals surface area contributed by atoms with E-state index in [1.807, 2.05) is 17.4 Å². The van der Waals surface area contributed by atoms with Crippen molar-refractivity contribution in [3.8, 4) is 11.1 Å². The summed E-state index contributed by atoms with van der Waals surface area (Å²) < 4.78 is 5.00. The van der Waals surface area contributed by atoms with Gasteiger partial charge in [0.05, 0.1) is 16.6 Å². The number of aromatic nitrogens is 1. The van der Waals surface area contributed by atoms with Gasteiger partial charge < -0.3 is 9.30 Å². The molecule has 0 radical (unpaired) electrons. The van der Waals surface area contributed by atoms with E-state index in [2.05, 4.69) is 168 Å². The fourth-order valence-corrected chi connectivity index (χ4v) is 7.94. The Hall–Kier alpha value is -5.64. The van der Waals surface area contributed by atoms with Crippen molar-refractivity contribution < 1.29 is 0 Å². The molecular formula is C42H28N2S. The monoisotopic (exact) mass is 592 g/mol. The lowest BCUT2D eigenvalue weighted by atomic mass is 10.0. The second-order valence-corrected chi connectivity index (χ2v) is 12.6. The van der Waals surface area contributed by atoms with Crippen LogP contribution in [0.1, 0.15) is 0 Å². The zero-order chi connectivity index (χ0) is 29.9. The van der Waals surface area contributed by atoms with E-state index in [-0.39, 0.29) is 0 Å². The Morgan fingerprint density at radius 1 is 0.511 bits per heavy atom. The van der Waals surface area contributed by atoms with Crippen LogP contribution < -0.4 is 10.1 Å². The summed E-state index contributed by atoms with van der Waals surface area (Å²) in [6.45, 7) is 4.06. The number of fused-ring (bicyclic) bond motifs is 8. The molecule has 3 heteroatoms. The standard InChI is InChI=1S/C42H28N2S/c1-2-10-34-36-26-32(21-23-39(36)44-38-15-8-6-13-30(38)25-40(34)44)43(31-19-17-29(18-20-31)28-11-4-3-5-12-28)33-22-24-42-37(27-33)35-14-7-9-16-41(35)45-42/h2-27H,1H2/b34-10-. The van der Waals surface area contributed by atoms with Crippen LogP contribution in [0.5, 0.6) is 0 Å². The lowest BCUT2D eigenvalue weighted by Gasteiger charge is -2.26. The minimum Gasteiger partial charge on any atom is -0.310 e. The average Bonchev–Trinajstić information content (AvgIpc) is 3.75. The smallest absolute Gasteiger partial charge is 0.0548 e. The number of hydrogen-bond donors (Lipinski definition) is 0. The van der Waals surface area contributed by atoms with Crippen molar-refractivity contribution in [3.63, 3.8) is 0 Å². The summed E-state index contributed by atoms with van der Waals surface area (Å²) in [6.07, 6.45) is 4.04. The van der Waals surface area contributed by atoms with Crippen molar-refractivity contribution >= 4 is 82.0 Å². The van der Waals surface area contributed by atoms with Crippen LogP contribution in [-0.4, -0.2) is 4.40 Å². The van der Waals surface area contributed by atoms with Crippen LogP contribution in [-0.2, 0) is 0 Å². The molecule has 0 spiro atoms. The number of rotatable bonds is 5. The molecule has 0 saturated carbocycles. The third-order valence-corrected chi connectivity index (χ3v) is 10.0. The van der Waals surface area contributed by atoms with Crippen LogP contribution in [0.15, 0.2) is 158 Å². The van der Waals surface area contributed by atoms with Gasteiger partial charge in [0.1, 0.15) is 0 Å². The molecule has 212 valence electrons. The molecule has 0 fully saturated rings. The second kappa shape index (κ2) is 10.2. The molecule has 2 nitrogen and oxygen atoms in total. The Labute approximate surface area is 265 Å². The van der Waals surface area contributed by atoms with E-state index < -0.39 is 0 Å². The highest BCUT2D eigenvalue weighted by Crippen LogP contribution is 2.41. The Morgan fingerprint density at radius 2 is 1.18 bits per heavy atom. The maximum absolute atomic E-state index is 4.06. The molecule has 0 aliphatic rings. The van der Waals surface area contributed by atoms with Crippen LogP contribution in [0.4, 0.5) is 17.1 Å². The van der Waals surface area contributed by atoms with Crippen LogP contribution in [0.25, 0.3) is 64.7 Å². The number of anilines is 3. The fourth-order valence-electron chi connectivity index (χ4n) is 6.85. The average molecular weight is 593 g/mol. The van der Waals surface area contributed by atoms with Gasteiger partial charge in [-0.05, 0) is 77.9 Å². The van der Waals surface area contributed by atoms with Gasteiger partial charge in [0.2, 0.25) is 0 Å². The summed E-state index contributed by atoms with van der Waals surface area (Å²) in [4.78, 5) is 2.39. The number of nitrogens with zero attached hydrogens (tertiary/aromatic N) is 2. The third kappa shape index (κ3) is 4.09. The van der Waals surface area contributed by atoms with Gasteiger partial charge in [-0.25, -0.2) is 0 Å². The highest BCUT2D eigenvalue weighted by molar-refractivity contribution is 7.25. The van der Waals surface area contributed by atoms with Crippen LogP contribution in [0, 0.1) is 0 Å². The van der Waals surface area contributed by atoms with Gasteiger partial charge in [0, 0.05) is 53.2 Å². The number of benzene rings is 6. The minimum absolute atomic E-state index is 1.12. The molecular weight excluding hydrogens is 565 g/mol. The Kier molecular flexibility index (Phi) is 5.87. The molecule has 3 aromatic heterocycles. The third-order valence-electron chi connectivity index (χ3n) is 8.89. The minimum atomic E-state index is 1.12. The molecule has 0 aliphatic heterocycles. The quantitative estimate of drug-likeness (QED) is 0.193. The van der Waals surface area contributed by atoms with E-state index in [1.165, 1.54) is 63.8 Å². The highest BCUT2D eigenvalue weighted by Gasteiger charge is 2.18. The van der Waals surface area contributed by atoms with Crippen molar-refractivity contribution in [2.45, 2.75) is 0 Å². The fraction of sp³-hybridized carbons (Fsp3) is 0. The predicted molar refractivity (Wildman–Crippen MR) is 195 cm³/mol. The maximum atomic E-state index is 4.06. The Balaban J connectivity index is 1.28. The summed E-state index contributed by atoms with van der Waals surface area (Å²) >= 11 is 1.85. The maximum Gasteiger partial charge on any atom is 0.0548 e. The number of hydrogen-bond acceptors (Lipinski definition) is 2. The van der Waals surface area contributed by atoms with E-state index >= 15 is 0 Å². The van der Waals surface area contributed by atoms with E-state index in [9.17, 15) is 0 Å². The van der Waals surface area contributed by atoms with Crippen molar-refractivity contribution in [2.75, 3.05) is 4.90 Å². The Morgan fingerprint density at radius 3 is 2.02 bits per heavy atom. The van der Waals surface area contributed by atoms with E-state index in [0.29, 0.717) is 0 Å². The van der Waals surface area contributed by atoms with Crippen molar-refractivity contribution in [3.05, 3.63) is 163 Å². The molecule has 45 heavy (non-hydrogen) atoms. The lowest BCUT2D eigenvalue weighted by molar-refractivity contribution is 1.29. The van der Waals surface area contributed by atoms with Gasteiger partial charge in [-0.15, -0.1) is 11.3 Å². The zero-order valence-electron chi connectivity index (χ0n) is 24.5. The van der Waals surface area contributed by atoms with Gasteiger partial charge in [-0.2, -0.15) is 0 Å². The van der Waals surface area contributed by atoms with Gasteiger partial charge in [0.25, 0.3) is 0 Å². The number of para-hydroxylation sites is 1. The van der Waals surface area contributed by atoms with Crippen molar-refractivity contribution in [1.82, 2.24) is 4.40 Å². The normalized spacial score (nSPS) is 12.2. The molecule has 0 bridgehead atoms. The van der Waals surface area contributed by atoms with Crippen LogP contribution >= 0.6 is 11.3 Å².